The van der Waals surface area contributed by atoms with E-state index >= 15 is 0 Å². The second kappa shape index (κ2) is 6.64. The fraction of sp³-hybridized carbons (Fsp3) is 0.615. The number of methoxy groups -OCH3 is 1. The van der Waals surface area contributed by atoms with E-state index in [1.807, 2.05) is 6.92 Å². The van der Waals surface area contributed by atoms with Gasteiger partial charge in [0.05, 0.1) is 12.7 Å². The van der Waals surface area contributed by atoms with Gasteiger partial charge in [0, 0.05) is 4.88 Å². The fourth-order valence-electron chi connectivity index (χ4n) is 1.89. The summed E-state index contributed by atoms with van der Waals surface area (Å²) in [5, 5.41) is 0.583. The summed E-state index contributed by atoms with van der Waals surface area (Å²) in [6, 6.07) is 0. The largest absolute Gasteiger partial charge is 0.465 e. The van der Waals surface area contributed by atoms with Crippen molar-refractivity contribution in [3.05, 3.63) is 16.0 Å². The number of anilines is 1. The molecule has 0 aliphatic heterocycles. The number of hydrogen-bond donors (Lipinski definition) is 1. The molecule has 3 nitrogen and oxygen atoms in total. The van der Waals surface area contributed by atoms with Crippen molar-refractivity contribution in [2.45, 2.75) is 46.0 Å². The third kappa shape index (κ3) is 3.46. The Morgan fingerprint density at radius 2 is 2.06 bits per heavy atom. The van der Waals surface area contributed by atoms with E-state index in [-0.39, 0.29) is 5.97 Å². The second-order valence-electron chi connectivity index (χ2n) is 4.19. The minimum atomic E-state index is -0.323. The highest BCUT2D eigenvalue weighted by Crippen LogP contribution is 2.32. The van der Waals surface area contributed by atoms with Crippen LogP contribution in [-0.4, -0.2) is 13.1 Å². The van der Waals surface area contributed by atoms with Crippen LogP contribution in [0, 0.1) is 6.92 Å². The van der Waals surface area contributed by atoms with Crippen molar-refractivity contribution in [1.82, 2.24) is 0 Å². The number of carbonyl (C=O) groups is 1. The van der Waals surface area contributed by atoms with Gasteiger partial charge in [-0.3, -0.25) is 0 Å². The van der Waals surface area contributed by atoms with Gasteiger partial charge in [-0.25, -0.2) is 4.79 Å². The molecular weight excluding hydrogens is 234 g/mol. The van der Waals surface area contributed by atoms with E-state index in [2.05, 4.69) is 6.92 Å². The number of hydrogen-bond acceptors (Lipinski definition) is 4. The normalized spacial score (nSPS) is 10.5. The maximum Gasteiger partial charge on any atom is 0.341 e. The number of aryl methyl sites for hydroxylation is 1. The predicted octanol–water partition coefficient (Wildman–Crippen LogP) is 3.55. The van der Waals surface area contributed by atoms with Gasteiger partial charge in [0.2, 0.25) is 0 Å². The average Bonchev–Trinajstić information content (AvgIpc) is 2.59. The molecule has 96 valence electrons. The van der Waals surface area contributed by atoms with Crippen LogP contribution in [0.4, 0.5) is 5.00 Å². The molecule has 4 heteroatoms. The minimum Gasteiger partial charge on any atom is -0.465 e. The zero-order valence-electron chi connectivity index (χ0n) is 10.8. The van der Waals surface area contributed by atoms with Crippen LogP contribution in [0.5, 0.6) is 0 Å². The number of nitrogen functional groups attached to an aromatic ring is 1. The Balaban J connectivity index is 2.71. The molecule has 0 aliphatic carbocycles. The molecule has 17 heavy (non-hydrogen) atoms. The SMILES string of the molecule is CCCCCCc1sc(N)c(C(=O)OC)c1C. The lowest BCUT2D eigenvalue weighted by Gasteiger charge is -2.01. The van der Waals surface area contributed by atoms with E-state index in [0.29, 0.717) is 10.6 Å². The van der Waals surface area contributed by atoms with Crippen molar-refractivity contribution in [3.8, 4) is 0 Å². The van der Waals surface area contributed by atoms with Crippen LogP contribution in [0.1, 0.15) is 53.4 Å². The lowest BCUT2D eigenvalue weighted by atomic mass is 10.1. The lowest BCUT2D eigenvalue weighted by Crippen LogP contribution is -2.04. The molecule has 1 aromatic rings. The minimum absolute atomic E-state index is 0.323. The zero-order chi connectivity index (χ0) is 12.8. The molecule has 1 rings (SSSR count). The van der Waals surface area contributed by atoms with E-state index in [0.717, 1.165) is 18.4 Å². The number of nitrogens with two attached hydrogens (primary N) is 1. The maximum atomic E-state index is 11.5. The Hall–Kier alpha value is -1.03. The van der Waals surface area contributed by atoms with Crippen LogP contribution >= 0.6 is 11.3 Å². The zero-order valence-corrected chi connectivity index (χ0v) is 11.7. The van der Waals surface area contributed by atoms with Gasteiger partial charge in [-0.15, -0.1) is 11.3 Å². The molecule has 0 aromatic carbocycles. The molecule has 0 aliphatic rings. The van der Waals surface area contributed by atoms with Crippen molar-refractivity contribution < 1.29 is 9.53 Å². The number of unbranched alkanes of at least 4 members (excludes halogenated alkanes) is 3. The van der Waals surface area contributed by atoms with E-state index in [1.54, 1.807) is 0 Å². The number of ether oxygens (including phenoxy) is 1. The van der Waals surface area contributed by atoms with Crippen molar-refractivity contribution in [3.63, 3.8) is 0 Å². The Morgan fingerprint density at radius 3 is 2.65 bits per heavy atom. The van der Waals surface area contributed by atoms with Crippen LogP contribution in [0.2, 0.25) is 0 Å². The van der Waals surface area contributed by atoms with Gasteiger partial charge < -0.3 is 10.5 Å². The summed E-state index contributed by atoms with van der Waals surface area (Å²) in [4.78, 5) is 12.8. The topological polar surface area (TPSA) is 52.3 Å². The maximum absolute atomic E-state index is 11.5. The standard InChI is InChI=1S/C13H21NO2S/c1-4-5-6-7-8-10-9(2)11(12(14)17-10)13(15)16-3/h4-8,14H2,1-3H3. The second-order valence-corrected chi connectivity index (χ2v) is 5.33. The van der Waals surface area contributed by atoms with Crippen LogP contribution in [-0.2, 0) is 11.2 Å². The van der Waals surface area contributed by atoms with Gasteiger partial charge in [-0.05, 0) is 25.3 Å². The number of carbonyl (C=O) groups excluding carboxylic acids is 1. The third-order valence-electron chi connectivity index (χ3n) is 2.92. The molecule has 0 saturated carbocycles. The summed E-state index contributed by atoms with van der Waals surface area (Å²) in [5.74, 6) is -0.323. The molecule has 1 aromatic heterocycles. The summed E-state index contributed by atoms with van der Waals surface area (Å²) in [5.41, 5.74) is 7.42. The molecule has 0 unspecified atom stereocenters. The average molecular weight is 255 g/mol. The predicted molar refractivity (Wildman–Crippen MR) is 72.7 cm³/mol. The summed E-state index contributed by atoms with van der Waals surface area (Å²) in [7, 11) is 1.39. The first-order chi connectivity index (χ1) is 8.11. The van der Waals surface area contributed by atoms with Crippen LogP contribution in [0.15, 0.2) is 0 Å². The number of rotatable bonds is 6. The summed E-state index contributed by atoms with van der Waals surface area (Å²) in [6.07, 6.45) is 5.91. The van der Waals surface area contributed by atoms with Gasteiger partial charge in [-0.2, -0.15) is 0 Å². The summed E-state index contributed by atoms with van der Waals surface area (Å²) >= 11 is 1.52. The molecule has 0 amide bonds. The number of esters is 1. The molecule has 0 spiro atoms. The molecule has 2 N–H and O–H groups in total. The van der Waals surface area contributed by atoms with Gasteiger partial charge in [0.15, 0.2) is 0 Å². The molecular formula is C13H21NO2S. The Labute approximate surface area is 107 Å². The highest BCUT2D eigenvalue weighted by molar-refractivity contribution is 7.16. The van der Waals surface area contributed by atoms with Crippen molar-refractivity contribution in [2.24, 2.45) is 0 Å². The van der Waals surface area contributed by atoms with E-state index in [4.69, 9.17) is 10.5 Å². The van der Waals surface area contributed by atoms with Crippen LogP contribution in [0.25, 0.3) is 0 Å². The Kier molecular flexibility index (Phi) is 5.48. The summed E-state index contributed by atoms with van der Waals surface area (Å²) in [6.45, 7) is 4.15. The fourth-order valence-corrected chi connectivity index (χ4v) is 3.00. The van der Waals surface area contributed by atoms with E-state index in [9.17, 15) is 4.79 Å². The Bertz CT molecular complexity index is 385. The monoisotopic (exact) mass is 255 g/mol. The van der Waals surface area contributed by atoms with E-state index in [1.165, 1.54) is 42.6 Å². The molecule has 0 saturated heterocycles. The Morgan fingerprint density at radius 1 is 1.35 bits per heavy atom. The number of thiophene rings is 1. The summed E-state index contributed by atoms with van der Waals surface area (Å²) < 4.78 is 4.74. The van der Waals surface area contributed by atoms with E-state index < -0.39 is 0 Å². The molecule has 0 fully saturated rings. The van der Waals surface area contributed by atoms with Crippen LogP contribution in [0.3, 0.4) is 0 Å². The van der Waals surface area contributed by atoms with Crippen molar-refractivity contribution >= 4 is 22.3 Å². The van der Waals surface area contributed by atoms with Gasteiger partial charge in [0.1, 0.15) is 5.00 Å². The molecule has 0 bridgehead atoms. The smallest absolute Gasteiger partial charge is 0.341 e. The first-order valence-electron chi connectivity index (χ1n) is 6.07. The highest BCUT2D eigenvalue weighted by Gasteiger charge is 2.19. The van der Waals surface area contributed by atoms with Crippen molar-refractivity contribution in [1.29, 1.82) is 0 Å². The van der Waals surface area contributed by atoms with Gasteiger partial charge >= 0.3 is 5.97 Å². The quantitative estimate of drug-likeness (QED) is 0.624. The van der Waals surface area contributed by atoms with Gasteiger partial charge in [0.25, 0.3) is 0 Å². The van der Waals surface area contributed by atoms with Gasteiger partial charge in [-0.1, -0.05) is 26.2 Å². The first kappa shape index (κ1) is 14.0. The van der Waals surface area contributed by atoms with Crippen molar-refractivity contribution in [2.75, 3.05) is 12.8 Å². The third-order valence-corrected chi connectivity index (χ3v) is 4.10. The van der Waals surface area contributed by atoms with Crippen LogP contribution < -0.4 is 5.73 Å². The molecule has 1 heterocycles. The highest BCUT2D eigenvalue weighted by atomic mass is 32.1. The first-order valence-corrected chi connectivity index (χ1v) is 6.89. The molecule has 0 radical (unpaired) electrons. The molecule has 0 atom stereocenters. The lowest BCUT2D eigenvalue weighted by molar-refractivity contribution is 0.0601.